The number of amides is 2. The number of hydrogen-bond acceptors (Lipinski definition) is 9. The summed E-state index contributed by atoms with van der Waals surface area (Å²) >= 11 is 0. The Hall–Kier alpha value is -3.83. The molecule has 0 radical (unpaired) electrons. The average molecular weight is 999 g/mol. The Bertz CT molecular complexity index is 2040. The molecule has 2 aromatic rings. The molecule has 3 N–H and O–H groups in total. The number of hydrogen-bond donors (Lipinski definition) is 3. The van der Waals surface area contributed by atoms with Gasteiger partial charge >= 0.3 is 17.9 Å². The van der Waals surface area contributed by atoms with Gasteiger partial charge in [-0.25, -0.2) is 9.59 Å². The molecular formula is C53H80N2O12P2. The fourth-order valence-electron chi connectivity index (χ4n) is 10.8. The third-order valence-corrected chi connectivity index (χ3v) is 18.9. The van der Waals surface area contributed by atoms with Crippen LogP contribution in [0.2, 0.25) is 0 Å². The van der Waals surface area contributed by atoms with E-state index in [2.05, 4.69) is 0 Å². The van der Waals surface area contributed by atoms with E-state index in [1.807, 2.05) is 74.5 Å². The van der Waals surface area contributed by atoms with Crippen LogP contribution >= 0.6 is 14.7 Å². The van der Waals surface area contributed by atoms with E-state index in [4.69, 9.17) is 9.26 Å². The monoisotopic (exact) mass is 999 g/mol. The number of nitrogens with zero attached hydrogens (tertiary/aromatic N) is 2. The topological polar surface area (TPSA) is 205 Å². The lowest BCUT2D eigenvalue weighted by molar-refractivity contribution is -0.169. The molecule has 2 amide bonds. The van der Waals surface area contributed by atoms with E-state index in [1.54, 1.807) is 6.92 Å². The second-order valence-electron chi connectivity index (χ2n) is 20.5. The Morgan fingerprint density at radius 3 is 1.48 bits per heavy atom. The number of likely N-dealkylation sites (tertiary alicyclic amines) is 2. The summed E-state index contributed by atoms with van der Waals surface area (Å²) in [7, 11) is -7.21. The van der Waals surface area contributed by atoms with Gasteiger partial charge < -0.3 is 29.6 Å². The molecule has 2 aliphatic heterocycles. The van der Waals surface area contributed by atoms with Crippen molar-refractivity contribution in [3.63, 3.8) is 0 Å². The van der Waals surface area contributed by atoms with Crippen molar-refractivity contribution in [2.24, 2.45) is 29.6 Å². The summed E-state index contributed by atoms with van der Waals surface area (Å²) in [6.45, 7) is 6.09. The van der Waals surface area contributed by atoms with Crippen LogP contribution in [0.1, 0.15) is 141 Å². The molecule has 7 atom stereocenters. The van der Waals surface area contributed by atoms with Gasteiger partial charge in [0.1, 0.15) is 24.4 Å². The number of benzene rings is 2. The molecule has 69 heavy (non-hydrogen) atoms. The molecule has 0 spiro atoms. The minimum absolute atomic E-state index is 0.100. The van der Waals surface area contributed by atoms with Crippen LogP contribution in [0.25, 0.3) is 0 Å². The summed E-state index contributed by atoms with van der Waals surface area (Å²) in [5.74, 6) is -2.43. The van der Waals surface area contributed by atoms with E-state index in [-0.39, 0.29) is 42.7 Å². The van der Waals surface area contributed by atoms with Crippen LogP contribution in [0.5, 0.6) is 0 Å². The van der Waals surface area contributed by atoms with Gasteiger partial charge in [-0.3, -0.25) is 28.0 Å². The third kappa shape index (κ3) is 18.1. The summed E-state index contributed by atoms with van der Waals surface area (Å²) in [6.07, 6.45) is 15.2. The number of carboxylic acids is 2. The maximum Gasteiger partial charge on any atom is 0.326 e. The molecule has 2 saturated heterocycles. The van der Waals surface area contributed by atoms with E-state index in [0.29, 0.717) is 50.6 Å². The highest BCUT2D eigenvalue weighted by Crippen LogP contribution is 2.51. The number of carbonyl (C=O) groups excluding carboxylic acids is 3. The van der Waals surface area contributed by atoms with Crippen molar-refractivity contribution < 1.29 is 57.5 Å². The first-order valence-electron chi connectivity index (χ1n) is 25.9. The van der Waals surface area contributed by atoms with E-state index >= 15 is 0 Å². The normalized spacial score (nSPS) is 23.3. The molecule has 4 aliphatic rings. The zero-order valence-corrected chi connectivity index (χ0v) is 43.2. The molecule has 14 nitrogen and oxygen atoms in total. The third-order valence-electron chi connectivity index (χ3n) is 14.8. The minimum atomic E-state index is -3.62. The van der Waals surface area contributed by atoms with Crippen LogP contribution in [0.4, 0.5) is 0 Å². The summed E-state index contributed by atoms with van der Waals surface area (Å²) in [5, 5.41) is 19.5. The van der Waals surface area contributed by atoms with Gasteiger partial charge in [-0.15, -0.1) is 0 Å². The van der Waals surface area contributed by atoms with Crippen molar-refractivity contribution in [1.29, 1.82) is 0 Å². The summed E-state index contributed by atoms with van der Waals surface area (Å²) < 4.78 is 38.3. The van der Waals surface area contributed by atoms with E-state index < -0.39 is 69.0 Å². The lowest BCUT2D eigenvalue weighted by Crippen LogP contribution is -2.42. The second-order valence-corrected chi connectivity index (χ2v) is 25.5. The maximum absolute atomic E-state index is 14.2. The van der Waals surface area contributed by atoms with Gasteiger partial charge in [0.05, 0.1) is 0 Å². The van der Waals surface area contributed by atoms with Crippen LogP contribution in [0.3, 0.4) is 0 Å². The van der Waals surface area contributed by atoms with E-state index in [9.17, 15) is 48.2 Å². The number of aliphatic carboxylic acids is 2. The van der Waals surface area contributed by atoms with Gasteiger partial charge in [-0.05, 0) is 86.2 Å². The Labute approximate surface area is 410 Å². The van der Waals surface area contributed by atoms with Gasteiger partial charge in [0, 0.05) is 37.8 Å². The molecule has 1 unspecified atom stereocenters. The molecule has 4 fully saturated rings. The predicted octanol–water partition coefficient (Wildman–Crippen LogP) is 10.3. The van der Waals surface area contributed by atoms with Crippen LogP contribution in [-0.4, -0.2) is 111 Å². The van der Waals surface area contributed by atoms with Crippen LogP contribution in [-0.2, 0) is 55.2 Å². The highest BCUT2D eigenvalue weighted by Gasteiger charge is 2.46. The van der Waals surface area contributed by atoms with Gasteiger partial charge in [0.15, 0.2) is 0 Å². The molecule has 2 saturated carbocycles. The highest BCUT2D eigenvalue weighted by atomic mass is 31.2. The lowest BCUT2D eigenvalue weighted by atomic mass is 9.79. The molecule has 2 heterocycles. The van der Waals surface area contributed by atoms with Crippen molar-refractivity contribution >= 4 is 44.5 Å². The van der Waals surface area contributed by atoms with Gasteiger partial charge in [-0.2, -0.15) is 0 Å². The lowest BCUT2D eigenvalue weighted by Gasteiger charge is -2.30. The SMILES string of the molecule is CCC(=O)OC(O[P@](=O)(CCCCc1ccccc1)CC(=O)N1C[C@H](C2CCCCC2)C[C@H]1C(=O)O)C(C)C.O=C(O)[C@@H]1C[C@@H](C2CCCCC2)CN1C(=O)C[P@](=O)(O)CCCCc1ccccc1. The minimum Gasteiger partial charge on any atom is -0.480 e. The number of rotatable bonds is 23. The zero-order chi connectivity index (χ0) is 50.0. The first-order valence-corrected chi connectivity index (χ1v) is 29.9. The fourth-order valence-corrected chi connectivity index (χ4v) is 14.6. The standard InChI is InChI=1S/C30H46NO7P.C23H34NO5P/c1-4-28(33)37-30(22(2)3)38-39(36,18-12-11-15-23-13-7-5-8-14-23)21-27(32)31-20-25(19-26(31)29(34)35)24-16-9-6-10-17-24;25-22(17-30(28,29)14-8-7-11-18-9-3-1-4-10-18)24-16-20(15-21(24)23(26)27)19-12-5-2-6-13-19/h5,7-8,13-14,22,24-26,30H,4,6,9-12,15-21H2,1-3H3,(H,34,35);1,3-4,9-10,19-21H,2,5-8,11-17H2,(H,26,27)(H,28,29)/t25-,26+,30?,39-;20-,21+/m11/s1. The number of unbranched alkanes of at least 4 members (excludes halogenated alkanes) is 2. The largest absolute Gasteiger partial charge is 0.480 e. The molecule has 384 valence electrons. The second kappa shape index (κ2) is 27.7. The van der Waals surface area contributed by atoms with Crippen molar-refractivity contribution in [2.45, 2.75) is 161 Å². The summed E-state index contributed by atoms with van der Waals surface area (Å²) in [4.78, 5) is 75.4. The number of carbonyl (C=O) groups is 5. The van der Waals surface area contributed by atoms with Crippen LogP contribution in [0.15, 0.2) is 60.7 Å². The first kappa shape index (κ1) is 56.1. The Morgan fingerprint density at radius 1 is 0.623 bits per heavy atom. The maximum atomic E-state index is 14.2. The quantitative estimate of drug-likeness (QED) is 0.0412. The van der Waals surface area contributed by atoms with Gasteiger partial charge in [-0.1, -0.05) is 146 Å². The Balaban J connectivity index is 0.000000266. The van der Waals surface area contributed by atoms with Crippen LogP contribution in [0, 0.1) is 29.6 Å². The molecule has 6 rings (SSSR count). The van der Waals surface area contributed by atoms with Crippen molar-refractivity contribution in [3.8, 4) is 0 Å². The van der Waals surface area contributed by atoms with Crippen molar-refractivity contribution in [3.05, 3.63) is 71.8 Å². The fraction of sp³-hybridized carbons (Fsp3) is 0.679. The molecule has 2 aromatic carbocycles. The molecular weight excluding hydrogens is 919 g/mol. The molecule has 2 aliphatic carbocycles. The number of aryl methyl sites for hydroxylation is 2. The van der Waals surface area contributed by atoms with E-state index in [0.717, 1.165) is 64.2 Å². The van der Waals surface area contributed by atoms with Crippen molar-refractivity contribution in [2.75, 3.05) is 37.7 Å². The molecule has 0 bridgehead atoms. The predicted molar refractivity (Wildman–Crippen MR) is 267 cm³/mol. The smallest absolute Gasteiger partial charge is 0.326 e. The average Bonchev–Trinajstić information content (AvgIpc) is 4.01. The van der Waals surface area contributed by atoms with Gasteiger partial charge in [0.2, 0.25) is 32.8 Å². The number of esters is 1. The van der Waals surface area contributed by atoms with E-state index in [1.165, 1.54) is 46.6 Å². The summed E-state index contributed by atoms with van der Waals surface area (Å²) in [6, 6.07) is 18.2. The van der Waals surface area contributed by atoms with Crippen molar-refractivity contribution in [1.82, 2.24) is 9.80 Å². The summed E-state index contributed by atoms with van der Waals surface area (Å²) in [5.41, 5.74) is 2.37. The Morgan fingerprint density at radius 2 is 1.06 bits per heavy atom. The molecule has 16 heteroatoms. The molecule has 0 aromatic heterocycles. The zero-order valence-electron chi connectivity index (χ0n) is 41.4. The van der Waals surface area contributed by atoms with Gasteiger partial charge in [0.25, 0.3) is 0 Å². The highest BCUT2D eigenvalue weighted by molar-refractivity contribution is 7.60. The first-order chi connectivity index (χ1) is 33.0. The Kier molecular flexibility index (Phi) is 22.5. The number of carboxylic acid groups (broad SMARTS) is 2. The van der Waals surface area contributed by atoms with Crippen LogP contribution < -0.4 is 0 Å². The number of ether oxygens (including phenoxy) is 1.